The van der Waals surface area contributed by atoms with Crippen molar-refractivity contribution < 1.29 is 19.4 Å². The van der Waals surface area contributed by atoms with E-state index < -0.39 is 11.7 Å². The molecule has 1 aromatic carbocycles. The normalized spacial score (nSPS) is 10.5. The monoisotopic (exact) mass is 269 g/mol. The average molecular weight is 269 g/mol. The summed E-state index contributed by atoms with van der Waals surface area (Å²) in [5.74, 6) is -1.27. The summed E-state index contributed by atoms with van der Waals surface area (Å²) in [5.41, 5.74) is -0.0649. The summed E-state index contributed by atoms with van der Waals surface area (Å²) in [7, 11) is 0. The maximum Gasteiger partial charge on any atom is 0.257 e. The first-order chi connectivity index (χ1) is 9.10. The molecule has 5 heteroatoms. The number of unbranched alkanes of at least 4 members (excludes halogenated alkanes) is 2. The number of benzene rings is 1. The van der Waals surface area contributed by atoms with Crippen LogP contribution in [0.5, 0.6) is 5.75 Å². The third kappa shape index (κ3) is 4.52. The number of hydrogen-bond acceptors (Lipinski definition) is 3. The molecule has 0 unspecified atom stereocenters. The first-order valence-corrected chi connectivity index (χ1v) is 6.48. The molecule has 106 valence electrons. The maximum absolute atomic E-state index is 13.1. The van der Waals surface area contributed by atoms with E-state index >= 15 is 0 Å². The highest BCUT2D eigenvalue weighted by molar-refractivity contribution is 5.96. The summed E-state index contributed by atoms with van der Waals surface area (Å²) in [6, 6.07) is 3.27. The van der Waals surface area contributed by atoms with Gasteiger partial charge in [0, 0.05) is 13.1 Å². The maximum atomic E-state index is 13.1. The number of aliphatic hydroxyl groups is 1. The highest BCUT2D eigenvalue weighted by atomic mass is 19.1. The Kier molecular flexibility index (Phi) is 6.29. The molecule has 0 radical (unpaired) electrons. The molecule has 0 spiro atoms. The molecule has 1 rings (SSSR count). The number of carbonyl (C=O) groups excluding carboxylic acids is 1. The second-order valence-corrected chi connectivity index (χ2v) is 4.38. The molecule has 0 aliphatic heterocycles. The summed E-state index contributed by atoms with van der Waals surface area (Å²) in [6.45, 7) is 2.56. The predicted molar refractivity (Wildman–Crippen MR) is 70.6 cm³/mol. The van der Waals surface area contributed by atoms with E-state index in [-0.39, 0.29) is 24.5 Å². The molecular formula is C14H20FNO3. The Morgan fingerprint density at radius 2 is 2.05 bits per heavy atom. The number of nitrogens with zero attached hydrogens (tertiary/aromatic N) is 1. The van der Waals surface area contributed by atoms with E-state index in [0.717, 1.165) is 37.5 Å². The molecule has 1 amide bonds. The average Bonchev–Trinajstić information content (AvgIpc) is 2.40. The van der Waals surface area contributed by atoms with Crippen LogP contribution < -0.4 is 0 Å². The Morgan fingerprint density at radius 1 is 1.32 bits per heavy atom. The van der Waals surface area contributed by atoms with Gasteiger partial charge in [0.25, 0.3) is 5.91 Å². The summed E-state index contributed by atoms with van der Waals surface area (Å²) >= 11 is 0. The number of hydrogen-bond donors (Lipinski definition) is 2. The lowest BCUT2D eigenvalue weighted by Crippen LogP contribution is -2.34. The Labute approximate surface area is 112 Å². The molecule has 0 aliphatic rings. The molecule has 0 aliphatic carbocycles. The Hall–Kier alpha value is -1.62. The molecule has 19 heavy (non-hydrogen) atoms. The summed E-state index contributed by atoms with van der Waals surface area (Å²) in [5, 5.41) is 18.6. The fourth-order valence-corrected chi connectivity index (χ4v) is 1.84. The van der Waals surface area contributed by atoms with Crippen molar-refractivity contribution in [3.05, 3.63) is 29.6 Å². The topological polar surface area (TPSA) is 60.8 Å². The summed E-state index contributed by atoms with van der Waals surface area (Å²) in [6.07, 6.45) is 2.81. The highest BCUT2D eigenvalue weighted by Crippen LogP contribution is 2.20. The van der Waals surface area contributed by atoms with Crippen LogP contribution in [-0.4, -0.2) is 40.7 Å². The van der Waals surface area contributed by atoms with Gasteiger partial charge < -0.3 is 15.1 Å². The molecule has 0 saturated carbocycles. The minimum Gasteiger partial charge on any atom is -0.507 e. The number of phenols is 1. The molecule has 1 aromatic rings. The van der Waals surface area contributed by atoms with Crippen molar-refractivity contribution in [3.63, 3.8) is 0 Å². The van der Waals surface area contributed by atoms with Gasteiger partial charge in [-0.3, -0.25) is 4.79 Å². The zero-order valence-electron chi connectivity index (χ0n) is 11.1. The molecule has 2 N–H and O–H groups in total. The number of aromatic hydroxyl groups is 1. The van der Waals surface area contributed by atoms with Gasteiger partial charge in [0.1, 0.15) is 11.6 Å². The van der Waals surface area contributed by atoms with Crippen LogP contribution >= 0.6 is 0 Å². The highest BCUT2D eigenvalue weighted by Gasteiger charge is 2.18. The number of carbonyl (C=O) groups is 1. The van der Waals surface area contributed by atoms with Gasteiger partial charge in [0.05, 0.1) is 12.2 Å². The zero-order valence-corrected chi connectivity index (χ0v) is 11.1. The zero-order chi connectivity index (χ0) is 14.3. The molecule has 0 atom stereocenters. The SMILES string of the molecule is CCCCCN(CCO)C(=O)c1cc(F)ccc1O. The third-order valence-corrected chi connectivity index (χ3v) is 2.88. The van der Waals surface area contributed by atoms with Crippen LogP contribution in [0.15, 0.2) is 18.2 Å². The third-order valence-electron chi connectivity index (χ3n) is 2.88. The lowest BCUT2D eigenvalue weighted by Gasteiger charge is -2.22. The van der Waals surface area contributed by atoms with Gasteiger partial charge in [-0.15, -0.1) is 0 Å². The van der Waals surface area contributed by atoms with E-state index in [4.69, 9.17) is 5.11 Å². The van der Waals surface area contributed by atoms with Crippen molar-refractivity contribution >= 4 is 5.91 Å². The van der Waals surface area contributed by atoms with E-state index in [1.165, 1.54) is 4.90 Å². The van der Waals surface area contributed by atoms with Gasteiger partial charge in [0.15, 0.2) is 0 Å². The predicted octanol–water partition coefficient (Wildman–Crippen LogP) is 2.16. The molecule has 0 heterocycles. The molecular weight excluding hydrogens is 249 g/mol. The van der Waals surface area contributed by atoms with Crippen molar-refractivity contribution in [1.82, 2.24) is 4.90 Å². The number of halogens is 1. The van der Waals surface area contributed by atoms with Gasteiger partial charge in [-0.1, -0.05) is 19.8 Å². The Morgan fingerprint density at radius 3 is 2.68 bits per heavy atom. The number of amides is 1. The van der Waals surface area contributed by atoms with Crippen LogP contribution in [0.3, 0.4) is 0 Å². The number of phenolic OH excluding ortho intramolecular Hbond substituents is 1. The van der Waals surface area contributed by atoms with E-state index in [2.05, 4.69) is 6.92 Å². The Balaban J connectivity index is 2.82. The van der Waals surface area contributed by atoms with Crippen molar-refractivity contribution in [2.45, 2.75) is 26.2 Å². The second kappa shape index (κ2) is 7.74. The lowest BCUT2D eigenvalue weighted by molar-refractivity contribution is 0.0715. The van der Waals surface area contributed by atoms with Crippen molar-refractivity contribution in [1.29, 1.82) is 0 Å². The van der Waals surface area contributed by atoms with Gasteiger partial charge in [-0.05, 0) is 24.6 Å². The van der Waals surface area contributed by atoms with Gasteiger partial charge in [0.2, 0.25) is 0 Å². The molecule has 4 nitrogen and oxygen atoms in total. The van der Waals surface area contributed by atoms with Crippen LogP contribution in [-0.2, 0) is 0 Å². The van der Waals surface area contributed by atoms with Gasteiger partial charge in [-0.2, -0.15) is 0 Å². The lowest BCUT2D eigenvalue weighted by atomic mass is 10.1. The Bertz CT molecular complexity index is 423. The molecule has 0 fully saturated rings. The van der Waals surface area contributed by atoms with Crippen LogP contribution in [0.2, 0.25) is 0 Å². The molecule has 0 bridgehead atoms. The van der Waals surface area contributed by atoms with E-state index in [9.17, 15) is 14.3 Å². The number of aliphatic hydroxyl groups excluding tert-OH is 1. The van der Waals surface area contributed by atoms with E-state index in [1.807, 2.05) is 0 Å². The van der Waals surface area contributed by atoms with Crippen LogP contribution in [0, 0.1) is 5.82 Å². The van der Waals surface area contributed by atoms with Gasteiger partial charge >= 0.3 is 0 Å². The van der Waals surface area contributed by atoms with Gasteiger partial charge in [-0.25, -0.2) is 4.39 Å². The van der Waals surface area contributed by atoms with Crippen molar-refractivity contribution in [2.24, 2.45) is 0 Å². The number of rotatable bonds is 7. The van der Waals surface area contributed by atoms with Crippen LogP contribution in [0.4, 0.5) is 4.39 Å². The molecule has 0 saturated heterocycles. The van der Waals surface area contributed by atoms with E-state index in [1.54, 1.807) is 0 Å². The van der Waals surface area contributed by atoms with Crippen LogP contribution in [0.1, 0.15) is 36.5 Å². The molecule has 0 aromatic heterocycles. The minimum atomic E-state index is -0.571. The quantitative estimate of drug-likeness (QED) is 0.746. The fourth-order valence-electron chi connectivity index (χ4n) is 1.84. The standard InChI is InChI=1S/C14H20FNO3/c1-2-3-4-7-16(8-9-17)14(19)12-10-11(15)5-6-13(12)18/h5-6,10,17-18H,2-4,7-9H2,1H3. The fraction of sp³-hybridized carbons (Fsp3) is 0.500. The smallest absolute Gasteiger partial charge is 0.257 e. The summed E-state index contributed by atoms with van der Waals surface area (Å²) in [4.78, 5) is 13.6. The first-order valence-electron chi connectivity index (χ1n) is 6.48. The largest absolute Gasteiger partial charge is 0.507 e. The van der Waals surface area contributed by atoms with Crippen molar-refractivity contribution in [3.8, 4) is 5.75 Å². The minimum absolute atomic E-state index is 0.0649. The first kappa shape index (κ1) is 15.4. The summed E-state index contributed by atoms with van der Waals surface area (Å²) < 4.78 is 13.1. The van der Waals surface area contributed by atoms with Crippen LogP contribution in [0.25, 0.3) is 0 Å². The second-order valence-electron chi connectivity index (χ2n) is 4.38. The van der Waals surface area contributed by atoms with E-state index in [0.29, 0.717) is 6.54 Å². The van der Waals surface area contributed by atoms with Crippen molar-refractivity contribution in [2.75, 3.05) is 19.7 Å².